The molecule has 2 fully saturated rings. The molecule has 9 heteroatoms. The summed E-state index contributed by atoms with van der Waals surface area (Å²) in [4.78, 5) is 13.9. The van der Waals surface area contributed by atoms with E-state index in [0.29, 0.717) is 64.0 Å². The second-order valence-electron chi connectivity index (χ2n) is 10.6. The molecule has 0 atom stereocenters. The minimum Gasteiger partial charge on any atom is -0.512 e. The Hall–Kier alpha value is -3.29. The Morgan fingerprint density at radius 3 is 2.67 bits per heavy atom. The summed E-state index contributed by atoms with van der Waals surface area (Å²) in [6, 6.07) is 13.3. The van der Waals surface area contributed by atoms with Crippen molar-refractivity contribution < 1.29 is 14.6 Å². The van der Waals surface area contributed by atoms with Crippen molar-refractivity contribution in [2.24, 2.45) is 0 Å². The number of ether oxygens (including phenoxy) is 2. The van der Waals surface area contributed by atoms with E-state index in [1.807, 2.05) is 41.0 Å². The molecule has 0 radical (unpaired) electrons. The highest BCUT2D eigenvalue weighted by Crippen LogP contribution is 2.41. The van der Waals surface area contributed by atoms with Crippen molar-refractivity contribution in [1.29, 1.82) is 0 Å². The Labute approximate surface area is 237 Å². The van der Waals surface area contributed by atoms with Crippen molar-refractivity contribution in [1.82, 2.24) is 19.5 Å². The van der Waals surface area contributed by atoms with Crippen LogP contribution in [0.15, 0.2) is 60.1 Å². The predicted molar refractivity (Wildman–Crippen MR) is 153 cm³/mol. The molecule has 0 unspecified atom stereocenters. The topological polar surface area (TPSA) is 82.3 Å². The van der Waals surface area contributed by atoms with E-state index in [1.54, 1.807) is 6.07 Å². The van der Waals surface area contributed by atoms with E-state index >= 15 is 0 Å². The van der Waals surface area contributed by atoms with E-state index < -0.39 is 0 Å². The standard InChI is InChI=1S/C30H30Cl2N4O3/c1-30(12-13-30)39-29-26-28(33-18-34-29)36(17-19-5-2-8-21(31)15-19)27(35-26)23-11-10-22(16-24(23)32)38-14-4-9-25(37)20-6-3-7-20/h2,5,8,10-11,15-16,18,37H,3-4,6-7,9,12-14,17H2,1H3. The molecule has 0 amide bonds. The number of benzene rings is 2. The van der Waals surface area contributed by atoms with E-state index in [9.17, 15) is 5.11 Å². The van der Waals surface area contributed by atoms with Gasteiger partial charge in [-0.05, 0) is 86.9 Å². The molecule has 202 valence electrons. The normalized spacial score (nSPS) is 15.7. The third kappa shape index (κ3) is 5.70. The van der Waals surface area contributed by atoms with Gasteiger partial charge in [0.25, 0.3) is 0 Å². The summed E-state index contributed by atoms with van der Waals surface area (Å²) < 4.78 is 14.2. The van der Waals surface area contributed by atoms with Crippen LogP contribution in [0.25, 0.3) is 22.6 Å². The average Bonchev–Trinajstić information content (AvgIpc) is 3.49. The second kappa shape index (κ2) is 10.7. The zero-order chi connectivity index (χ0) is 27.0. The Bertz CT molecular complexity index is 1560. The molecule has 2 aliphatic carbocycles. The van der Waals surface area contributed by atoms with Crippen molar-refractivity contribution in [2.45, 2.75) is 64.0 Å². The number of aliphatic hydroxyl groups is 1. The number of hydrogen-bond donors (Lipinski definition) is 1. The number of halogens is 2. The van der Waals surface area contributed by atoms with Crippen LogP contribution in [0.4, 0.5) is 0 Å². The highest BCUT2D eigenvalue weighted by atomic mass is 35.5. The molecule has 7 nitrogen and oxygen atoms in total. The maximum Gasteiger partial charge on any atom is 0.245 e. The molecule has 4 aromatic rings. The van der Waals surface area contributed by atoms with Crippen LogP contribution < -0.4 is 9.47 Å². The van der Waals surface area contributed by atoms with Crippen LogP contribution in [0.1, 0.15) is 57.4 Å². The number of aliphatic hydroxyl groups excluding tert-OH is 1. The molecule has 2 saturated carbocycles. The van der Waals surface area contributed by atoms with Gasteiger partial charge in [0.2, 0.25) is 5.88 Å². The van der Waals surface area contributed by atoms with Gasteiger partial charge in [-0.2, -0.15) is 4.98 Å². The van der Waals surface area contributed by atoms with Crippen molar-refractivity contribution >= 4 is 34.4 Å². The van der Waals surface area contributed by atoms with Gasteiger partial charge in [0, 0.05) is 17.0 Å². The first kappa shape index (κ1) is 26.0. The smallest absolute Gasteiger partial charge is 0.245 e. The van der Waals surface area contributed by atoms with Crippen LogP contribution in [-0.2, 0) is 6.54 Å². The van der Waals surface area contributed by atoms with Crippen LogP contribution in [0.2, 0.25) is 10.0 Å². The third-order valence-corrected chi connectivity index (χ3v) is 7.95. The zero-order valence-electron chi connectivity index (χ0n) is 21.8. The van der Waals surface area contributed by atoms with Crippen molar-refractivity contribution in [2.75, 3.05) is 6.61 Å². The molecule has 2 aromatic heterocycles. The van der Waals surface area contributed by atoms with E-state index in [0.717, 1.165) is 43.2 Å². The minimum absolute atomic E-state index is 0.208. The third-order valence-electron chi connectivity index (χ3n) is 7.40. The maximum absolute atomic E-state index is 10.1. The summed E-state index contributed by atoms with van der Waals surface area (Å²) in [7, 11) is 0. The summed E-state index contributed by atoms with van der Waals surface area (Å²) >= 11 is 13.1. The Kier molecular flexibility index (Phi) is 7.12. The first-order valence-corrected chi connectivity index (χ1v) is 14.1. The van der Waals surface area contributed by atoms with Gasteiger partial charge < -0.3 is 19.1 Å². The lowest BCUT2D eigenvalue weighted by Gasteiger charge is -2.18. The highest BCUT2D eigenvalue weighted by molar-refractivity contribution is 6.33. The van der Waals surface area contributed by atoms with Gasteiger partial charge in [0.1, 0.15) is 23.5 Å². The van der Waals surface area contributed by atoms with Crippen LogP contribution >= 0.6 is 23.2 Å². The molecule has 1 N–H and O–H groups in total. The van der Waals surface area contributed by atoms with E-state index in [-0.39, 0.29) is 5.60 Å². The van der Waals surface area contributed by atoms with Crippen molar-refractivity contribution in [3.8, 4) is 23.0 Å². The fraction of sp³-hybridized carbons (Fsp3) is 0.367. The molecule has 39 heavy (non-hydrogen) atoms. The van der Waals surface area contributed by atoms with Gasteiger partial charge in [-0.1, -0.05) is 35.3 Å². The molecule has 6 rings (SSSR count). The monoisotopic (exact) mass is 564 g/mol. The Morgan fingerprint density at radius 1 is 1.10 bits per heavy atom. The number of allylic oxidation sites excluding steroid dienone is 2. The maximum atomic E-state index is 10.1. The van der Waals surface area contributed by atoms with Crippen LogP contribution in [-0.4, -0.2) is 36.8 Å². The van der Waals surface area contributed by atoms with Gasteiger partial charge in [-0.3, -0.25) is 0 Å². The second-order valence-corrected chi connectivity index (χ2v) is 11.4. The summed E-state index contributed by atoms with van der Waals surface area (Å²) in [5.41, 5.74) is 4.00. The molecule has 2 heterocycles. The van der Waals surface area contributed by atoms with Crippen LogP contribution in [0.5, 0.6) is 11.6 Å². The average molecular weight is 566 g/mol. The number of nitrogens with zero attached hydrogens (tertiary/aromatic N) is 4. The number of aromatic nitrogens is 4. The molecule has 0 spiro atoms. The fourth-order valence-corrected chi connectivity index (χ4v) is 5.16. The lowest BCUT2D eigenvalue weighted by Crippen LogP contribution is -2.13. The largest absolute Gasteiger partial charge is 0.512 e. The molecule has 0 bridgehead atoms. The molecule has 0 saturated heterocycles. The van der Waals surface area contributed by atoms with E-state index in [2.05, 4.69) is 16.9 Å². The van der Waals surface area contributed by atoms with Crippen LogP contribution in [0.3, 0.4) is 0 Å². The molecule has 0 aliphatic heterocycles. The SMILES string of the molecule is CC1(Oc2ncnc3c2nc(-c2ccc(OCCCC(O)=C4CCC4)cc2Cl)n3Cc2cccc(Cl)c2)CC1. The quantitative estimate of drug-likeness (QED) is 0.155. The highest BCUT2D eigenvalue weighted by Gasteiger charge is 2.41. The number of hydrogen-bond acceptors (Lipinski definition) is 6. The summed E-state index contributed by atoms with van der Waals surface area (Å²) in [5.74, 6) is 2.33. The number of fused-ring (bicyclic) bond motifs is 1. The van der Waals surface area contributed by atoms with Crippen LogP contribution in [0, 0.1) is 0 Å². The lowest BCUT2D eigenvalue weighted by atomic mass is 9.90. The molecular formula is C30H30Cl2N4O3. The first-order valence-electron chi connectivity index (χ1n) is 13.4. The Balaban J connectivity index is 1.29. The van der Waals surface area contributed by atoms with Gasteiger partial charge in [0.15, 0.2) is 11.2 Å². The van der Waals surface area contributed by atoms with Crippen molar-refractivity contribution in [3.63, 3.8) is 0 Å². The summed E-state index contributed by atoms with van der Waals surface area (Å²) in [6.45, 7) is 3.06. The summed E-state index contributed by atoms with van der Waals surface area (Å²) in [6.07, 6.45) is 8.07. The van der Waals surface area contributed by atoms with Crippen molar-refractivity contribution in [3.05, 3.63) is 75.7 Å². The Morgan fingerprint density at radius 2 is 1.95 bits per heavy atom. The first-order chi connectivity index (χ1) is 18.9. The van der Waals surface area contributed by atoms with Gasteiger partial charge in [0.05, 0.1) is 23.9 Å². The number of imidazole rings is 1. The van der Waals surface area contributed by atoms with E-state index in [4.69, 9.17) is 37.7 Å². The van der Waals surface area contributed by atoms with E-state index in [1.165, 1.54) is 18.3 Å². The lowest BCUT2D eigenvalue weighted by molar-refractivity contribution is 0.194. The predicted octanol–water partition coefficient (Wildman–Crippen LogP) is 7.93. The fourth-order valence-electron chi connectivity index (χ4n) is 4.69. The zero-order valence-corrected chi connectivity index (χ0v) is 23.3. The van der Waals surface area contributed by atoms with Gasteiger partial charge >= 0.3 is 0 Å². The molecule has 2 aromatic carbocycles. The summed E-state index contributed by atoms with van der Waals surface area (Å²) in [5, 5.41) is 11.3. The number of rotatable bonds is 10. The molecular weight excluding hydrogens is 535 g/mol. The molecule has 2 aliphatic rings. The van der Waals surface area contributed by atoms with Gasteiger partial charge in [-0.15, -0.1) is 0 Å². The minimum atomic E-state index is -0.208. The van der Waals surface area contributed by atoms with Gasteiger partial charge in [-0.25, -0.2) is 9.97 Å².